The molecule has 0 aliphatic carbocycles. The van der Waals surface area contributed by atoms with Gasteiger partial charge in [-0.05, 0) is 18.1 Å². The molecule has 1 N–H and O–H groups in total. The first kappa shape index (κ1) is 17.7. The van der Waals surface area contributed by atoms with E-state index in [9.17, 15) is 4.79 Å². The standard InChI is InChI=1S/C22H24N2O3/c1-2-8-18-13-17(24-26-15-16-9-4-3-5-10-16)14-22(27-18)19-11-6-7-12-20(19)23-21(22)25/h3-7,9-12,18H,2,8,13-15H2,1H3,(H,23,25)/b24-17-/t18-,22+/m0/s1. The maximum Gasteiger partial charge on any atom is 0.261 e. The molecule has 2 aliphatic rings. The van der Waals surface area contributed by atoms with E-state index in [1.807, 2.05) is 54.6 Å². The maximum absolute atomic E-state index is 12.9. The van der Waals surface area contributed by atoms with Crippen molar-refractivity contribution in [1.82, 2.24) is 0 Å². The van der Waals surface area contributed by atoms with Crippen molar-refractivity contribution >= 4 is 17.3 Å². The van der Waals surface area contributed by atoms with Crippen molar-refractivity contribution in [2.75, 3.05) is 5.32 Å². The number of ether oxygens (including phenoxy) is 1. The molecule has 0 unspecified atom stereocenters. The van der Waals surface area contributed by atoms with Gasteiger partial charge in [0.2, 0.25) is 0 Å². The molecule has 5 nitrogen and oxygen atoms in total. The first-order valence-electron chi connectivity index (χ1n) is 9.51. The van der Waals surface area contributed by atoms with Crippen LogP contribution in [-0.4, -0.2) is 17.7 Å². The van der Waals surface area contributed by atoms with Crippen LogP contribution in [0.25, 0.3) is 0 Å². The number of benzene rings is 2. The summed E-state index contributed by atoms with van der Waals surface area (Å²) in [5.74, 6) is -0.111. The molecule has 2 heterocycles. The lowest BCUT2D eigenvalue weighted by molar-refractivity contribution is -0.153. The molecule has 4 rings (SSSR count). The van der Waals surface area contributed by atoms with E-state index in [1.54, 1.807) is 0 Å². The van der Waals surface area contributed by atoms with E-state index < -0.39 is 5.60 Å². The van der Waals surface area contributed by atoms with Gasteiger partial charge in [0, 0.05) is 24.1 Å². The highest BCUT2D eigenvalue weighted by Gasteiger charge is 2.52. The van der Waals surface area contributed by atoms with E-state index in [0.717, 1.165) is 35.4 Å². The predicted molar refractivity (Wildman–Crippen MR) is 104 cm³/mol. The number of para-hydroxylation sites is 1. The van der Waals surface area contributed by atoms with Crippen LogP contribution in [0.3, 0.4) is 0 Å². The van der Waals surface area contributed by atoms with Gasteiger partial charge in [-0.3, -0.25) is 4.79 Å². The average Bonchev–Trinajstić information content (AvgIpc) is 2.94. The van der Waals surface area contributed by atoms with E-state index in [0.29, 0.717) is 19.4 Å². The Kier molecular flexibility index (Phi) is 4.94. The maximum atomic E-state index is 12.9. The number of oxime groups is 1. The monoisotopic (exact) mass is 364 g/mol. The van der Waals surface area contributed by atoms with Crippen LogP contribution >= 0.6 is 0 Å². The fraction of sp³-hybridized carbons (Fsp3) is 0.364. The smallest absolute Gasteiger partial charge is 0.261 e. The Hall–Kier alpha value is -2.66. The quantitative estimate of drug-likeness (QED) is 0.801. The fourth-order valence-corrected chi connectivity index (χ4v) is 3.90. The SMILES string of the molecule is CCC[C@H]1C/C(=N/OCc2ccccc2)C[C@]2(O1)C(=O)Nc1ccccc12. The van der Waals surface area contributed by atoms with E-state index >= 15 is 0 Å². The molecule has 2 aromatic carbocycles. The summed E-state index contributed by atoms with van der Waals surface area (Å²) in [5.41, 5.74) is 2.67. The number of rotatable bonds is 5. The van der Waals surface area contributed by atoms with Crippen LogP contribution in [-0.2, 0) is 26.6 Å². The minimum Gasteiger partial charge on any atom is -0.391 e. The van der Waals surface area contributed by atoms with Gasteiger partial charge in [0.25, 0.3) is 5.91 Å². The summed E-state index contributed by atoms with van der Waals surface area (Å²) in [6.45, 7) is 2.54. The third kappa shape index (κ3) is 3.47. The molecular formula is C22H24N2O3. The number of carbonyl (C=O) groups is 1. The Morgan fingerprint density at radius 3 is 2.78 bits per heavy atom. The number of hydrogen-bond donors (Lipinski definition) is 1. The van der Waals surface area contributed by atoms with E-state index in [4.69, 9.17) is 9.57 Å². The Morgan fingerprint density at radius 1 is 1.19 bits per heavy atom. The molecule has 1 saturated heterocycles. The molecule has 2 aliphatic heterocycles. The Morgan fingerprint density at radius 2 is 1.96 bits per heavy atom. The van der Waals surface area contributed by atoms with Gasteiger partial charge in [-0.25, -0.2) is 0 Å². The number of amides is 1. The molecule has 0 saturated carbocycles. The van der Waals surface area contributed by atoms with Crippen LogP contribution in [0.15, 0.2) is 59.8 Å². The molecule has 2 atom stereocenters. The van der Waals surface area contributed by atoms with Gasteiger partial charge in [-0.15, -0.1) is 0 Å². The number of carbonyl (C=O) groups excluding carboxylic acids is 1. The zero-order chi connectivity index (χ0) is 18.7. The summed E-state index contributed by atoms with van der Waals surface area (Å²) in [4.78, 5) is 18.5. The van der Waals surface area contributed by atoms with Crippen LogP contribution in [0.4, 0.5) is 5.69 Å². The van der Waals surface area contributed by atoms with Gasteiger partial charge < -0.3 is 14.9 Å². The van der Waals surface area contributed by atoms with Gasteiger partial charge in [0.05, 0.1) is 11.8 Å². The third-order valence-electron chi connectivity index (χ3n) is 5.14. The highest BCUT2D eigenvalue weighted by Crippen LogP contribution is 2.45. The number of nitrogens with one attached hydrogen (secondary N) is 1. The zero-order valence-electron chi connectivity index (χ0n) is 15.5. The molecule has 1 fully saturated rings. The van der Waals surface area contributed by atoms with Crippen molar-refractivity contribution in [2.24, 2.45) is 5.16 Å². The zero-order valence-corrected chi connectivity index (χ0v) is 15.5. The van der Waals surface area contributed by atoms with Crippen molar-refractivity contribution in [1.29, 1.82) is 0 Å². The fourth-order valence-electron chi connectivity index (χ4n) is 3.90. The molecule has 140 valence electrons. The van der Waals surface area contributed by atoms with Crippen molar-refractivity contribution in [3.8, 4) is 0 Å². The summed E-state index contributed by atoms with van der Waals surface area (Å²) >= 11 is 0. The second-order valence-electron chi connectivity index (χ2n) is 7.15. The molecule has 0 bridgehead atoms. The number of nitrogens with zero attached hydrogens (tertiary/aromatic N) is 1. The molecule has 1 amide bonds. The number of anilines is 1. The van der Waals surface area contributed by atoms with E-state index in [-0.39, 0.29) is 12.0 Å². The average molecular weight is 364 g/mol. The highest BCUT2D eigenvalue weighted by molar-refractivity contribution is 6.08. The lowest BCUT2D eigenvalue weighted by Gasteiger charge is -2.37. The lowest BCUT2D eigenvalue weighted by Crippen LogP contribution is -2.47. The summed E-state index contributed by atoms with van der Waals surface area (Å²) in [6, 6.07) is 17.7. The van der Waals surface area contributed by atoms with E-state index in [1.165, 1.54) is 0 Å². The highest BCUT2D eigenvalue weighted by atomic mass is 16.6. The minimum absolute atomic E-state index is 0.0419. The van der Waals surface area contributed by atoms with Gasteiger partial charge in [-0.1, -0.05) is 67.0 Å². The van der Waals surface area contributed by atoms with Crippen molar-refractivity contribution < 1.29 is 14.4 Å². The van der Waals surface area contributed by atoms with Crippen molar-refractivity contribution in [3.05, 3.63) is 65.7 Å². The molecule has 2 aromatic rings. The number of fused-ring (bicyclic) bond motifs is 2. The van der Waals surface area contributed by atoms with Gasteiger partial charge >= 0.3 is 0 Å². The molecule has 0 aromatic heterocycles. The molecule has 27 heavy (non-hydrogen) atoms. The minimum atomic E-state index is -0.996. The Labute approximate surface area is 159 Å². The summed E-state index contributed by atoms with van der Waals surface area (Å²) in [6.07, 6.45) is 2.95. The Bertz CT molecular complexity index is 850. The van der Waals surface area contributed by atoms with Gasteiger partial charge in [-0.2, -0.15) is 0 Å². The van der Waals surface area contributed by atoms with Crippen molar-refractivity contribution in [2.45, 2.75) is 50.9 Å². The van der Waals surface area contributed by atoms with Crippen LogP contribution in [0.1, 0.15) is 43.7 Å². The molecule has 0 radical (unpaired) electrons. The largest absolute Gasteiger partial charge is 0.391 e. The summed E-state index contributed by atoms with van der Waals surface area (Å²) in [7, 11) is 0. The normalized spacial score (nSPS) is 25.4. The predicted octanol–water partition coefficient (Wildman–Crippen LogP) is 4.39. The first-order valence-corrected chi connectivity index (χ1v) is 9.51. The second kappa shape index (κ2) is 7.53. The number of hydrogen-bond acceptors (Lipinski definition) is 4. The lowest BCUT2D eigenvalue weighted by atomic mass is 9.84. The van der Waals surface area contributed by atoms with Crippen LogP contribution in [0.5, 0.6) is 0 Å². The molecule has 1 spiro atoms. The Balaban J connectivity index is 1.58. The molecule has 5 heteroatoms. The summed E-state index contributed by atoms with van der Waals surface area (Å²) < 4.78 is 6.36. The van der Waals surface area contributed by atoms with Gasteiger partial charge in [0.1, 0.15) is 6.61 Å². The summed E-state index contributed by atoms with van der Waals surface area (Å²) in [5, 5.41) is 7.36. The molecular weight excluding hydrogens is 340 g/mol. The third-order valence-corrected chi connectivity index (χ3v) is 5.14. The van der Waals surface area contributed by atoms with Gasteiger partial charge in [0.15, 0.2) is 5.60 Å². The van der Waals surface area contributed by atoms with Crippen LogP contribution in [0, 0.1) is 0 Å². The van der Waals surface area contributed by atoms with E-state index in [2.05, 4.69) is 17.4 Å². The topological polar surface area (TPSA) is 59.9 Å². The second-order valence-corrected chi connectivity index (χ2v) is 7.15. The van der Waals surface area contributed by atoms with Crippen molar-refractivity contribution in [3.63, 3.8) is 0 Å². The van der Waals surface area contributed by atoms with Crippen LogP contribution < -0.4 is 5.32 Å². The first-order chi connectivity index (χ1) is 13.2. The van der Waals surface area contributed by atoms with Crippen LogP contribution in [0.2, 0.25) is 0 Å².